The van der Waals surface area contributed by atoms with E-state index in [1.807, 2.05) is 18.4 Å². The molecular formula is C12H16N4O3S. The van der Waals surface area contributed by atoms with Crippen LogP contribution < -0.4 is 0 Å². The van der Waals surface area contributed by atoms with Gasteiger partial charge in [-0.3, -0.25) is 9.36 Å². The molecule has 2 aromatic heterocycles. The number of carboxylic acids is 1. The molecule has 2 aromatic rings. The lowest BCUT2D eigenvalue weighted by Gasteiger charge is -2.05. The average Bonchev–Trinajstić information content (AvgIpc) is 3.03. The van der Waals surface area contributed by atoms with Gasteiger partial charge in [-0.2, -0.15) is 0 Å². The Morgan fingerprint density at radius 2 is 2.20 bits per heavy atom. The van der Waals surface area contributed by atoms with Gasteiger partial charge in [0.15, 0.2) is 5.16 Å². The second-order valence-electron chi connectivity index (χ2n) is 4.09. The molecule has 0 aliphatic carbocycles. The number of nitrogens with zero attached hydrogens (tertiary/aromatic N) is 4. The summed E-state index contributed by atoms with van der Waals surface area (Å²) in [5, 5.41) is 17.4. The summed E-state index contributed by atoms with van der Waals surface area (Å²) in [6.45, 7) is 4.38. The van der Waals surface area contributed by atoms with Crippen LogP contribution in [-0.4, -0.2) is 36.6 Å². The summed E-state index contributed by atoms with van der Waals surface area (Å²) in [7, 11) is 0. The number of hydrogen-bond donors (Lipinski definition) is 1. The van der Waals surface area contributed by atoms with Crippen molar-refractivity contribution in [3.05, 3.63) is 23.7 Å². The number of oxazole rings is 1. The molecule has 0 amide bonds. The van der Waals surface area contributed by atoms with Crippen molar-refractivity contribution in [2.24, 2.45) is 0 Å². The number of hydrogen-bond acceptors (Lipinski definition) is 6. The smallest absolute Gasteiger partial charge is 0.313 e. The van der Waals surface area contributed by atoms with Gasteiger partial charge in [-0.25, -0.2) is 4.98 Å². The second kappa shape index (κ2) is 6.56. The lowest BCUT2D eigenvalue weighted by Crippen LogP contribution is -2.07. The number of carboxylic acid groups (broad SMARTS) is 1. The highest BCUT2D eigenvalue weighted by molar-refractivity contribution is 7.99. The van der Waals surface area contributed by atoms with Crippen molar-refractivity contribution in [2.45, 2.75) is 38.4 Å². The van der Waals surface area contributed by atoms with Gasteiger partial charge in [-0.1, -0.05) is 25.6 Å². The van der Waals surface area contributed by atoms with E-state index >= 15 is 0 Å². The molecule has 0 spiro atoms. The van der Waals surface area contributed by atoms with Crippen molar-refractivity contribution in [3.63, 3.8) is 0 Å². The number of aryl methyl sites for hydroxylation is 2. The Hall–Kier alpha value is -1.83. The third kappa shape index (κ3) is 3.38. The van der Waals surface area contributed by atoms with E-state index in [1.54, 1.807) is 6.20 Å². The predicted octanol–water partition coefficient (Wildman–Crippen LogP) is 1.62. The SMILES string of the molecule is CCc1cnc(Cn2c(CC)nnc2SCC(=O)O)o1. The van der Waals surface area contributed by atoms with Crippen LogP contribution in [-0.2, 0) is 24.2 Å². The topological polar surface area (TPSA) is 94.0 Å². The van der Waals surface area contributed by atoms with Gasteiger partial charge in [0.1, 0.15) is 18.1 Å². The minimum absolute atomic E-state index is 0.0480. The summed E-state index contributed by atoms with van der Waals surface area (Å²) in [4.78, 5) is 14.9. The van der Waals surface area contributed by atoms with Crippen molar-refractivity contribution in [3.8, 4) is 0 Å². The van der Waals surface area contributed by atoms with Crippen molar-refractivity contribution < 1.29 is 14.3 Å². The Morgan fingerprint density at radius 3 is 2.80 bits per heavy atom. The molecule has 0 atom stereocenters. The van der Waals surface area contributed by atoms with Crippen molar-refractivity contribution >= 4 is 17.7 Å². The Morgan fingerprint density at radius 1 is 1.40 bits per heavy atom. The molecular weight excluding hydrogens is 280 g/mol. The van der Waals surface area contributed by atoms with E-state index in [0.29, 0.717) is 24.0 Å². The van der Waals surface area contributed by atoms with Gasteiger partial charge in [0.05, 0.1) is 11.9 Å². The average molecular weight is 296 g/mol. The molecule has 0 radical (unpaired) electrons. The molecule has 0 unspecified atom stereocenters. The number of aromatic nitrogens is 4. The Kier molecular flexibility index (Phi) is 4.78. The first-order valence-electron chi connectivity index (χ1n) is 6.34. The summed E-state index contributed by atoms with van der Waals surface area (Å²) in [5.74, 6) is 1.26. The van der Waals surface area contributed by atoms with E-state index in [-0.39, 0.29) is 5.75 Å². The predicted molar refractivity (Wildman–Crippen MR) is 72.7 cm³/mol. The molecule has 0 aliphatic rings. The molecule has 0 saturated heterocycles. The fraction of sp³-hybridized carbons (Fsp3) is 0.500. The molecule has 108 valence electrons. The minimum atomic E-state index is -0.882. The first-order chi connectivity index (χ1) is 9.63. The standard InChI is InChI=1S/C12H16N4O3S/c1-3-8-5-13-10(19-8)6-16-9(4-2)14-15-12(16)20-7-11(17)18/h5H,3-4,6-7H2,1-2H3,(H,17,18). The molecule has 7 nitrogen and oxygen atoms in total. The molecule has 20 heavy (non-hydrogen) atoms. The quantitative estimate of drug-likeness (QED) is 0.776. The summed E-state index contributed by atoms with van der Waals surface area (Å²) in [6, 6.07) is 0. The maximum atomic E-state index is 10.7. The first kappa shape index (κ1) is 14.6. The van der Waals surface area contributed by atoms with Crippen LogP contribution >= 0.6 is 11.8 Å². The third-order valence-electron chi connectivity index (χ3n) is 2.68. The van der Waals surface area contributed by atoms with E-state index in [4.69, 9.17) is 9.52 Å². The van der Waals surface area contributed by atoms with E-state index in [2.05, 4.69) is 15.2 Å². The van der Waals surface area contributed by atoms with E-state index < -0.39 is 5.97 Å². The van der Waals surface area contributed by atoms with Gasteiger partial charge < -0.3 is 9.52 Å². The molecule has 0 fully saturated rings. The number of thioether (sulfide) groups is 1. The number of rotatable bonds is 7. The highest BCUT2D eigenvalue weighted by Crippen LogP contribution is 2.19. The molecule has 0 aromatic carbocycles. The van der Waals surface area contributed by atoms with Crippen LogP contribution in [0.15, 0.2) is 15.8 Å². The summed E-state index contributed by atoms with van der Waals surface area (Å²) in [5.41, 5.74) is 0. The largest absolute Gasteiger partial charge is 0.481 e. The lowest BCUT2D eigenvalue weighted by molar-refractivity contribution is -0.133. The normalized spacial score (nSPS) is 10.9. The Bertz CT molecular complexity index is 593. The van der Waals surface area contributed by atoms with Gasteiger partial charge in [-0.15, -0.1) is 10.2 Å². The fourth-order valence-corrected chi connectivity index (χ4v) is 2.37. The van der Waals surface area contributed by atoms with Crippen molar-refractivity contribution in [2.75, 3.05) is 5.75 Å². The Labute approximate surface area is 120 Å². The van der Waals surface area contributed by atoms with Crippen LogP contribution in [0.2, 0.25) is 0 Å². The van der Waals surface area contributed by atoms with Crippen molar-refractivity contribution in [1.82, 2.24) is 19.7 Å². The number of carbonyl (C=O) groups is 1. The van der Waals surface area contributed by atoms with Gasteiger partial charge in [0, 0.05) is 12.8 Å². The minimum Gasteiger partial charge on any atom is -0.481 e. The third-order valence-corrected chi connectivity index (χ3v) is 3.63. The van der Waals surface area contributed by atoms with E-state index in [9.17, 15) is 4.79 Å². The summed E-state index contributed by atoms with van der Waals surface area (Å²) < 4.78 is 7.42. The lowest BCUT2D eigenvalue weighted by atomic mass is 10.4. The van der Waals surface area contributed by atoms with Crippen molar-refractivity contribution in [1.29, 1.82) is 0 Å². The highest BCUT2D eigenvalue weighted by Gasteiger charge is 2.15. The molecule has 0 aliphatic heterocycles. The fourth-order valence-electron chi connectivity index (χ4n) is 1.69. The van der Waals surface area contributed by atoms with Gasteiger partial charge >= 0.3 is 5.97 Å². The van der Waals surface area contributed by atoms with E-state index in [0.717, 1.165) is 29.8 Å². The zero-order valence-corrected chi connectivity index (χ0v) is 12.2. The second-order valence-corrected chi connectivity index (χ2v) is 5.04. The zero-order chi connectivity index (χ0) is 14.5. The molecule has 2 heterocycles. The molecule has 0 saturated carbocycles. The maximum absolute atomic E-state index is 10.7. The zero-order valence-electron chi connectivity index (χ0n) is 11.4. The first-order valence-corrected chi connectivity index (χ1v) is 7.32. The van der Waals surface area contributed by atoms with Crippen LogP contribution in [0, 0.1) is 0 Å². The summed E-state index contributed by atoms with van der Waals surface area (Å²) in [6.07, 6.45) is 3.20. The highest BCUT2D eigenvalue weighted by atomic mass is 32.2. The van der Waals surface area contributed by atoms with Gasteiger partial charge in [0.2, 0.25) is 5.89 Å². The van der Waals surface area contributed by atoms with Crippen LogP contribution in [0.25, 0.3) is 0 Å². The van der Waals surface area contributed by atoms with Crippen LogP contribution in [0.4, 0.5) is 0 Å². The number of aliphatic carboxylic acids is 1. The van der Waals surface area contributed by atoms with Gasteiger partial charge in [-0.05, 0) is 0 Å². The Balaban J connectivity index is 2.19. The summed E-state index contributed by atoms with van der Waals surface area (Å²) >= 11 is 1.14. The molecule has 1 N–H and O–H groups in total. The maximum Gasteiger partial charge on any atom is 0.313 e. The molecule has 0 bridgehead atoms. The molecule has 8 heteroatoms. The van der Waals surface area contributed by atoms with E-state index in [1.165, 1.54) is 0 Å². The monoisotopic (exact) mass is 296 g/mol. The van der Waals surface area contributed by atoms with Crippen LogP contribution in [0.5, 0.6) is 0 Å². The van der Waals surface area contributed by atoms with Gasteiger partial charge in [0.25, 0.3) is 0 Å². The van der Waals surface area contributed by atoms with Crippen LogP contribution in [0.3, 0.4) is 0 Å². The molecule has 2 rings (SSSR count). The van der Waals surface area contributed by atoms with Crippen LogP contribution in [0.1, 0.15) is 31.3 Å².